The molecule has 0 aliphatic heterocycles. The lowest BCUT2D eigenvalue weighted by molar-refractivity contribution is 0.527. The van der Waals surface area contributed by atoms with Crippen LogP contribution >= 0.6 is 0 Å². The number of rotatable bonds is 5. The largest absolute Gasteiger partial charge is 0.331 e. The minimum Gasteiger partial charge on any atom is -0.331 e. The lowest BCUT2D eigenvalue weighted by atomic mass is 9.92. The van der Waals surface area contributed by atoms with E-state index in [1.165, 1.54) is 6.07 Å². The van der Waals surface area contributed by atoms with Crippen molar-refractivity contribution in [2.45, 2.75) is 26.3 Å². The maximum Gasteiger partial charge on any atom is 0.154 e. The van der Waals surface area contributed by atoms with Gasteiger partial charge in [0.15, 0.2) is 5.82 Å². The highest BCUT2D eigenvalue weighted by atomic mass is 19.1. The highest BCUT2D eigenvalue weighted by Gasteiger charge is 2.30. The first-order chi connectivity index (χ1) is 19.8. The molecule has 0 spiro atoms. The number of benzene rings is 6. The SMILES string of the molecule is CC(C)(C)N(c1ccccc1F)c1cc(-c2ccccc2)cc(-c2cccc(-c3cccc4ccccc34)c2)c1F. The van der Waals surface area contributed by atoms with Crippen LogP contribution in [0.2, 0.25) is 0 Å². The van der Waals surface area contributed by atoms with E-state index in [2.05, 4.69) is 36.4 Å². The molecule has 41 heavy (non-hydrogen) atoms. The van der Waals surface area contributed by atoms with Gasteiger partial charge in [0.2, 0.25) is 0 Å². The van der Waals surface area contributed by atoms with E-state index in [1.807, 2.05) is 93.6 Å². The second kappa shape index (κ2) is 10.7. The Labute approximate surface area is 240 Å². The van der Waals surface area contributed by atoms with Crippen molar-refractivity contribution >= 4 is 22.1 Å². The van der Waals surface area contributed by atoms with E-state index < -0.39 is 17.2 Å². The summed E-state index contributed by atoms with van der Waals surface area (Å²) in [6.45, 7) is 5.90. The standard InChI is InChI=1S/C38H31F2N/c1-38(2,3)41(35-22-10-9-21-34(35)39)36-25-30(26-13-5-4-6-14-26)24-33(37(36)40)29-18-11-17-28(23-29)32-20-12-16-27-15-7-8-19-31(27)32/h4-25H,1-3H3. The monoisotopic (exact) mass is 539 g/mol. The molecule has 0 unspecified atom stereocenters. The number of anilines is 2. The average molecular weight is 540 g/mol. The minimum absolute atomic E-state index is 0.328. The van der Waals surface area contributed by atoms with Crippen LogP contribution in [0.5, 0.6) is 0 Å². The molecule has 0 aromatic heterocycles. The number of fused-ring (bicyclic) bond motifs is 1. The lowest BCUT2D eigenvalue weighted by Gasteiger charge is -2.38. The first-order valence-electron chi connectivity index (χ1n) is 13.8. The van der Waals surface area contributed by atoms with Crippen molar-refractivity contribution in [3.63, 3.8) is 0 Å². The fraction of sp³-hybridized carbons (Fsp3) is 0.105. The van der Waals surface area contributed by atoms with Crippen molar-refractivity contribution in [2.75, 3.05) is 4.90 Å². The van der Waals surface area contributed by atoms with Gasteiger partial charge in [0.25, 0.3) is 0 Å². The van der Waals surface area contributed by atoms with Crippen molar-refractivity contribution in [3.8, 4) is 33.4 Å². The molecule has 0 saturated heterocycles. The Morgan fingerprint density at radius 3 is 1.85 bits per heavy atom. The molecule has 0 radical (unpaired) electrons. The van der Waals surface area contributed by atoms with Gasteiger partial charge >= 0.3 is 0 Å². The van der Waals surface area contributed by atoms with E-state index in [4.69, 9.17) is 0 Å². The fourth-order valence-corrected chi connectivity index (χ4v) is 5.60. The molecule has 0 aliphatic carbocycles. The summed E-state index contributed by atoms with van der Waals surface area (Å²) in [6, 6.07) is 42.8. The zero-order valence-corrected chi connectivity index (χ0v) is 23.4. The van der Waals surface area contributed by atoms with Crippen LogP contribution in [0, 0.1) is 11.6 Å². The third-order valence-electron chi connectivity index (χ3n) is 7.44. The quantitative estimate of drug-likeness (QED) is 0.211. The number of para-hydroxylation sites is 1. The van der Waals surface area contributed by atoms with Gasteiger partial charge in [-0.15, -0.1) is 0 Å². The van der Waals surface area contributed by atoms with Crippen LogP contribution in [0.25, 0.3) is 44.2 Å². The van der Waals surface area contributed by atoms with E-state index in [-0.39, 0.29) is 0 Å². The van der Waals surface area contributed by atoms with Crippen LogP contribution in [0.3, 0.4) is 0 Å². The number of hydrogen-bond acceptors (Lipinski definition) is 1. The smallest absolute Gasteiger partial charge is 0.154 e. The van der Waals surface area contributed by atoms with Crippen molar-refractivity contribution in [1.82, 2.24) is 0 Å². The van der Waals surface area contributed by atoms with Crippen molar-refractivity contribution < 1.29 is 8.78 Å². The molecule has 0 aliphatic rings. The Hall–Kier alpha value is -4.76. The molecule has 0 fully saturated rings. The molecule has 0 heterocycles. The molecule has 6 rings (SSSR count). The van der Waals surface area contributed by atoms with Crippen LogP contribution in [-0.2, 0) is 0 Å². The summed E-state index contributed by atoms with van der Waals surface area (Å²) in [7, 11) is 0. The number of hydrogen-bond donors (Lipinski definition) is 0. The summed E-state index contributed by atoms with van der Waals surface area (Å²) in [6.07, 6.45) is 0. The van der Waals surface area contributed by atoms with Crippen molar-refractivity contribution in [1.29, 1.82) is 0 Å². The molecule has 6 aromatic rings. The van der Waals surface area contributed by atoms with Crippen LogP contribution in [-0.4, -0.2) is 5.54 Å². The van der Waals surface area contributed by atoms with Gasteiger partial charge in [-0.1, -0.05) is 103 Å². The molecule has 0 atom stereocenters. The maximum atomic E-state index is 16.9. The van der Waals surface area contributed by atoms with Gasteiger partial charge in [-0.3, -0.25) is 0 Å². The van der Waals surface area contributed by atoms with Gasteiger partial charge < -0.3 is 4.90 Å². The maximum absolute atomic E-state index is 16.9. The van der Waals surface area contributed by atoms with Crippen LogP contribution in [0.4, 0.5) is 20.2 Å². The van der Waals surface area contributed by atoms with E-state index in [9.17, 15) is 0 Å². The summed E-state index contributed by atoms with van der Waals surface area (Å²) in [4.78, 5) is 1.77. The summed E-state index contributed by atoms with van der Waals surface area (Å²) in [5, 5.41) is 2.30. The third-order valence-corrected chi connectivity index (χ3v) is 7.44. The number of halogens is 2. The molecule has 0 N–H and O–H groups in total. The van der Waals surface area contributed by atoms with Gasteiger partial charge in [-0.2, -0.15) is 0 Å². The molecule has 202 valence electrons. The highest BCUT2D eigenvalue weighted by Crippen LogP contribution is 2.43. The lowest BCUT2D eigenvalue weighted by Crippen LogP contribution is -2.38. The van der Waals surface area contributed by atoms with Crippen LogP contribution in [0.15, 0.2) is 133 Å². The van der Waals surface area contributed by atoms with E-state index in [0.29, 0.717) is 16.9 Å². The Morgan fingerprint density at radius 1 is 0.488 bits per heavy atom. The Morgan fingerprint density at radius 2 is 1.10 bits per heavy atom. The van der Waals surface area contributed by atoms with Crippen LogP contribution < -0.4 is 4.90 Å². The molecular formula is C38H31F2N. The van der Waals surface area contributed by atoms with Crippen LogP contribution in [0.1, 0.15) is 20.8 Å². The zero-order valence-electron chi connectivity index (χ0n) is 23.4. The van der Waals surface area contributed by atoms with Gasteiger partial charge in [0.05, 0.1) is 11.4 Å². The zero-order chi connectivity index (χ0) is 28.6. The minimum atomic E-state index is -0.611. The van der Waals surface area contributed by atoms with Gasteiger partial charge in [-0.05, 0) is 89.7 Å². The van der Waals surface area contributed by atoms with Gasteiger partial charge in [0, 0.05) is 11.1 Å². The average Bonchev–Trinajstić information content (AvgIpc) is 2.98. The summed E-state index contributed by atoms with van der Waals surface area (Å²) in [5.41, 5.74) is 5.19. The summed E-state index contributed by atoms with van der Waals surface area (Å²) in [5.74, 6) is -0.788. The fourth-order valence-electron chi connectivity index (χ4n) is 5.60. The first-order valence-corrected chi connectivity index (χ1v) is 13.8. The molecule has 0 saturated carbocycles. The predicted octanol–water partition coefficient (Wildman–Crippen LogP) is 11.1. The number of nitrogens with zero attached hydrogens (tertiary/aromatic N) is 1. The molecule has 3 heteroatoms. The van der Waals surface area contributed by atoms with Gasteiger partial charge in [-0.25, -0.2) is 8.78 Å². The van der Waals surface area contributed by atoms with E-state index >= 15 is 8.78 Å². The molecule has 0 amide bonds. The van der Waals surface area contributed by atoms with Crippen molar-refractivity contribution in [2.24, 2.45) is 0 Å². The van der Waals surface area contributed by atoms with E-state index in [1.54, 1.807) is 23.1 Å². The summed E-state index contributed by atoms with van der Waals surface area (Å²) >= 11 is 0. The molecular weight excluding hydrogens is 508 g/mol. The summed E-state index contributed by atoms with van der Waals surface area (Å²) < 4.78 is 32.1. The molecule has 6 aromatic carbocycles. The second-order valence-corrected chi connectivity index (χ2v) is 11.3. The molecule has 1 nitrogen and oxygen atoms in total. The normalized spacial score (nSPS) is 11.5. The van der Waals surface area contributed by atoms with Gasteiger partial charge in [0.1, 0.15) is 5.82 Å². The second-order valence-electron chi connectivity index (χ2n) is 11.3. The predicted molar refractivity (Wildman–Crippen MR) is 169 cm³/mol. The topological polar surface area (TPSA) is 3.24 Å². The first kappa shape index (κ1) is 26.5. The Balaban J connectivity index is 1.60. The van der Waals surface area contributed by atoms with E-state index in [0.717, 1.165) is 38.6 Å². The molecule has 0 bridgehead atoms. The third kappa shape index (κ3) is 5.12. The highest BCUT2D eigenvalue weighted by molar-refractivity contribution is 5.97. The Bertz CT molecular complexity index is 1850. The van der Waals surface area contributed by atoms with Crippen molar-refractivity contribution in [3.05, 3.63) is 145 Å². The Kier molecular flexibility index (Phi) is 6.88.